The second kappa shape index (κ2) is 4.98. The van der Waals surface area contributed by atoms with Gasteiger partial charge in [0.2, 0.25) is 0 Å². The van der Waals surface area contributed by atoms with Crippen molar-refractivity contribution < 1.29 is 9.90 Å². The molecule has 2 bridgehead atoms. The minimum Gasteiger partial charge on any atom is -0.392 e. The lowest BCUT2D eigenvalue weighted by atomic mass is 9.95. The van der Waals surface area contributed by atoms with Crippen molar-refractivity contribution in [3.05, 3.63) is 24.4 Å². The smallest absolute Gasteiger partial charge is 0.321 e. The number of amides is 2. The quantitative estimate of drug-likeness (QED) is 0.844. The maximum Gasteiger partial charge on any atom is 0.321 e. The first-order valence-corrected chi connectivity index (χ1v) is 7.77. The summed E-state index contributed by atoms with van der Waals surface area (Å²) in [7, 11) is 1.90. The third-order valence-electron chi connectivity index (χ3n) is 5.07. The van der Waals surface area contributed by atoms with E-state index in [4.69, 9.17) is 0 Å². The number of carbonyl (C=O) groups is 1. The number of nitrogens with one attached hydrogen (secondary N) is 1. The zero-order valence-corrected chi connectivity index (χ0v) is 12.6. The standard InChI is InChI=1S/C16H20N4O2/c1-19-14-5-4-13(6-12(14)7-17-19)18-16(22)20-8-10-2-3-11(9-20)15(10)21/h4-7,10-11,15,21H,2-3,8-9H2,1H3,(H,18,22)/t10-,11+,15?. The number of benzene rings is 1. The van der Waals surface area contributed by atoms with Crippen LogP contribution in [0.25, 0.3) is 10.9 Å². The average molecular weight is 300 g/mol. The van der Waals surface area contributed by atoms with Crippen LogP contribution in [0, 0.1) is 11.8 Å². The van der Waals surface area contributed by atoms with Gasteiger partial charge in [-0.25, -0.2) is 4.79 Å². The number of aryl methyl sites for hydroxylation is 1. The van der Waals surface area contributed by atoms with Crippen LogP contribution >= 0.6 is 0 Å². The highest BCUT2D eigenvalue weighted by molar-refractivity contribution is 5.92. The first kappa shape index (κ1) is 13.6. The van der Waals surface area contributed by atoms with Gasteiger partial charge in [0.15, 0.2) is 0 Å². The molecule has 0 spiro atoms. The molecule has 2 heterocycles. The van der Waals surface area contributed by atoms with Gasteiger partial charge < -0.3 is 15.3 Å². The summed E-state index contributed by atoms with van der Waals surface area (Å²) in [6.45, 7) is 1.30. The molecule has 2 N–H and O–H groups in total. The summed E-state index contributed by atoms with van der Waals surface area (Å²) in [5.74, 6) is 0.482. The van der Waals surface area contributed by atoms with Crippen LogP contribution in [-0.2, 0) is 7.05 Å². The number of aliphatic hydroxyl groups excluding tert-OH is 1. The van der Waals surface area contributed by atoms with Gasteiger partial charge in [-0.15, -0.1) is 0 Å². The van der Waals surface area contributed by atoms with Gasteiger partial charge in [-0.1, -0.05) is 0 Å². The first-order valence-electron chi connectivity index (χ1n) is 7.77. The van der Waals surface area contributed by atoms with Crippen molar-refractivity contribution in [3.63, 3.8) is 0 Å². The Labute approximate surface area is 128 Å². The number of rotatable bonds is 1. The summed E-state index contributed by atoms with van der Waals surface area (Å²) in [5.41, 5.74) is 1.82. The number of fused-ring (bicyclic) bond motifs is 3. The van der Waals surface area contributed by atoms with E-state index in [2.05, 4.69) is 10.4 Å². The first-order chi connectivity index (χ1) is 10.6. The van der Waals surface area contributed by atoms with Gasteiger partial charge in [0.1, 0.15) is 0 Å². The fourth-order valence-corrected chi connectivity index (χ4v) is 3.80. The minimum atomic E-state index is -0.226. The lowest BCUT2D eigenvalue weighted by molar-refractivity contribution is 0.0326. The van der Waals surface area contributed by atoms with Gasteiger partial charge in [-0.05, 0) is 31.0 Å². The Morgan fingerprint density at radius 2 is 2.05 bits per heavy atom. The molecule has 1 saturated heterocycles. The fourth-order valence-electron chi connectivity index (χ4n) is 3.80. The summed E-state index contributed by atoms with van der Waals surface area (Å²) in [6, 6.07) is 5.72. The van der Waals surface area contributed by atoms with Gasteiger partial charge in [-0.3, -0.25) is 4.68 Å². The van der Waals surface area contributed by atoms with E-state index in [9.17, 15) is 9.90 Å². The number of aromatic nitrogens is 2. The highest BCUT2D eigenvalue weighted by Crippen LogP contribution is 2.36. The van der Waals surface area contributed by atoms with Gasteiger partial charge in [0.25, 0.3) is 0 Å². The SMILES string of the molecule is Cn1ncc2cc(NC(=O)N3C[C@H]4CC[C@@H](C3)C4O)ccc21. The molecule has 1 aromatic carbocycles. The van der Waals surface area contributed by atoms with Crippen LogP contribution < -0.4 is 5.32 Å². The molecule has 2 aromatic rings. The molecule has 1 aromatic heterocycles. The van der Waals surface area contributed by atoms with E-state index >= 15 is 0 Å². The monoisotopic (exact) mass is 300 g/mol. The zero-order valence-electron chi connectivity index (χ0n) is 12.6. The number of carbonyl (C=O) groups excluding carboxylic acids is 1. The second-order valence-electron chi connectivity index (χ2n) is 6.47. The number of anilines is 1. The number of nitrogens with zero attached hydrogens (tertiary/aromatic N) is 3. The van der Waals surface area contributed by atoms with Crippen LogP contribution in [0.1, 0.15) is 12.8 Å². The van der Waals surface area contributed by atoms with E-state index in [1.807, 2.05) is 34.8 Å². The van der Waals surface area contributed by atoms with Crippen LogP contribution in [0.4, 0.5) is 10.5 Å². The molecule has 1 aliphatic carbocycles. The van der Waals surface area contributed by atoms with Gasteiger partial charge in [0.05, 0.1) is 17.8 Å². The highest BCUT2D eigenvalue weighted by Gasteiger charge is 2.42. The van der Waals surface area contributed by atoms with Crippen LogP contribution in [0.5, 0.6) is 0 Å². The van der Waals surface area contributed by atoms with E-state index < -0.39 is 0 Å². The van der Waals surface area contributed by atoms with E-state index in [1.165, 1.54) is 0 Å². The van der Waals surface area contributed by atoms with Crippen molar-refractivity contribution in [2.45, 2.75) is 18.9 Å². The molecule has 2 amide bonds. The molecule has 2 fully saturated rings. The van der Waals surface area contributed by atoms with E-state index in [0.717, 1.165) is 29.4 Å². The largest absolute Gasteiger partial charge is 0.392 e. The Morgan fingerprint density at radius 1 is 1.32 bits per heavy atom. The normalized spacial score (nSPS) is 27.4. The van der Waals surface area contributed by atoms with Crippen LogP contribution in [0.3, 0.4) is 0 Å². The second-order valence-corrected chi connectivity index (χ2v) is 6.47. The predicted octanol–water partition coefficient (Wildman–Crippen LogP) is 1.81. The van der Waals surface area contributed by atoms with E-state index in [-0.39, 0.29) is 24.0 Å². The maximum absolute atomic E-state index is 12.4. The topological polar surface area (TPSA) is 70.4 Å². The molecule has 1 saturated carbocycles. The third kappa shape index (κ3) is 2.14. The molecule has 6 heteroatoms. The number of hydrogen-bond acceptors (Lipinski definition) is 3. The number of likely N-dealkylation sites (tertiary alicyclic amines) is 1. The van der Waals surface area contributed by atoms with Crippen molar-refractivity contribution in [2.24, 2.45) is 18.9 Å². The summed E-state index contributed by atoms with van der Waals surface area (Å²) < 4.78 is 1.81. The van der Waals surface area contributed by atoms with E-state index in [0.29, 0.717) is 13.1 Å². The molecule has 0 radical (unpaired) electrons. The van der Waals surface area contributed by atoms with Crippen LogP contribution in [0.15, 0.2) is 24.4 Å². The maximum atomic E-state index is 12.4. The Balaban J connectivity index is 1.49. The molecule has 4 rings (SSSR count). The Morgan fingerprint density at radius 3 is 2.77 bits per heavy atom. The zero-order chi connectivity index (χ0) is 15.3. The summed E-state index contributed by atoms with van der Waals surface area (Å²) in [5, 5.41) is 18.2. The van der Waals surface area contributed by atoms with Crippen molar-refractivity contribution in [1.29, 1.82) is 0 Å². The fraction of sp³-hybridized carbons (Fsp3) is 0.500. The Bertz CT molecular complexity index is 712. The van der Waals surface area contributed by atoms with Crippen LogP contribution in [-0.4, -0.2) is 45.0 Å². The molecule has 116 valence electrons. The number of piperidine rings is 1. The summed E-state index contributed by atoms with van der Waals surface area (Å²) >= 11 is 0. The number of aliphatic hydroxyl groups is 1. The van der Waals surface area contributed by atoms with Crippen molar-refractivity contribution in [2.75, 3.05) is 18.4 Å². The van der Waals surface area contributed by atoms with Gasteiger partial charge in [0, 0.05) is 43.0 Å². The summed E-state index contributed by atoms with van der Waals surface area (Å²) in [6.07, 6.45) is 3.62. The summed E-state index contributed by atoms with van der Waals surface area (Å²) in [4.78, 5) is 14.3. The molecule has 22 heavy (non-hydrogen) atoms. The lowest BCUT2D eigenvalue weighted by Gasteiger charge is -2.35. The Hall–Kier alpha value is -2.08. The molecular weight excluding hydrogens is 280 g/mol. The van der Waals surface area contributed by atoms with Crippen LogP contribution in [0.2, 0.25) is 0 Å². The van der Waals surface area contributed by atoms with E-state index in [1.54, 1.807) is 6.20 Å². The van der Waals surface area contributed by atoms with Gasteiger partial charge >= 0.3 is 6.03 Å². The number of hydrogen-bond donors (Lipinski definition) is 2. The molecule has 1 unspecified atom stereocenters. The minimum absolute atomic E-state index is 0.0768. The average Bonchev–Trinajstić information content (AvgIpc) is 2.94. The molecule has 2 aliphatic rings. The van der Waals surface area contributed by atoms with Crippen molar-refractivity contribution in [1.82, 2.24) is 14.7 Å². The highest BCUT2D eigenvalue weighted by atomic mass is 16.3. The Kier molecular flexibility index (Phi) is 3.07. The molecule has 1 aliphatic heterocycles. The molecular formula is C16H20N4O2. The third-order valence-corrected chi connectivity index (χ3v) is 5.07. The molecule has 6 nitrogen and oxygen atoms in total. The molecule has 3 atom stereocenters. The predicted molar refractivity (Wildman–Crippen MR) is 83.5 cm³/mol. The van der Waals surface area contributed by atoms with Crippen molar-refractivity contribution in [3.8, 4) is 0 Å². The van der Waals surface area contributed by atoms with Crippen molar-refractivity contribution >= 4 is 22.6 Å². The number of urea groups is 1. The van der Waals surface area contributed by atoms with Gasteiger partial charge in [-0.2, -0.15) is 5.10 Å². The lowest BCUT2D eigenvalue weighted by Crippen LogP contribution is -2.48.